The summed E-state index contributed by atoms with van der Waals surface area (Å²) in [5, 5.41) is 3.45. The zero-order valence-electron chi connectivity index (χ0n) is 13.6. The van der Waals surface area contributed by atoms with Gasteiger partial charge < -0.3 is 5.32 Å². The lowest BCUT2D eigenvalue weighted by molar-refractivity contribution is 0.248. The van der Waals surface area contributed by atoms with E-state index in [0.717, 1.165) is 13.1 Å². The third-order valence-electron chi connectivity index (χ3n) is 3.62. The van der Waals surface area contributed by atoms with Crippen LogP contribution in [0.1, 0.15) is 38.3 Å². The molecule has 114 valence electrons. The summed E-state index contributed by atoms with van der Waals surface area (Å²) >= 11 is 1.93. The number of nitrogens with one attached hydrogen (secondary N) is 1. The summed E-state index contributed by atoms with van der Waals surface area (Å²) in [5.74, 6) is 1.21. The van der Waals surface area contributed by atoms with Crippen molar-refractivity contribution < 1.29 is 0 Å². The van der Waals surface area contributed by atoms with Crippen molar-refractivity contribution in [2.75, 3.05) is 19.1 Å². The molecule has 0 fully saturated rings. The summed E-state index contributed by atoms with van der Waals surface area (Å²) in [4.78, 5) is 2.47. The molecular formula is C17H30N2S. The van der Waals surface area contributed by atoms with Crippen molar-refractivity contribution in [2.24, 2.45) is 0 Å². The van der Waals surface area contributed by atoms with E-state index < -0.39 is 0 Å². The van der Waals surface area contributed by atoms with Gasteiger partial charge in [0.05, 0.1) is 0 Å². The highest BCUT2D eigenvalue weighted by Crippen LogP contribution is 2.13. The highest BCUT2D eigenvalue weighted by Gasteiger charge is 2.12. The first-order valence-electron chi connectivity index (χ1n) is 7.57. The molecule has 1 aromatic carbocycles. The maximum Gasteiger partial charge on any atom is 0.0233 e. The highest BCUT2D eigenvalue weighted by molar-refractivity contribution is 7.98. The monoisotopic (exact) mass is 294 g/mol. The van der Waals surface area contributed by atoms with Gasteiger partial charge in [-0.1, -0.05) is 45.0 Å². The predicted octanol–water partition coefficient (Wildman–Crippen LogP) is 3.76. The molecule has 1 unspecified atom stereocenters. The van der Waals surface area contributed by atoms with Crippen LogP contribution >= 0.6 is 11.8 Å². The van der Waals surface area contributed by atoms with Crippen LogP contribution in [0.3, 0.4) is 0 Å². The molecule has 0 radical (unpaired) electrons. The predicted molar refractivity (Wildman–Crippen MR) is 92.3 cm³/mol. The molecule has 1 rings (SSSR count). The van der Waals surface area contributed by atoms with Gasteiger partial charge in [0.15, 0.2) is 0 Å². The number of rotatable bonds is 9. The number of thioether (sulfide) groups is 1. The molecular weight excluding hydrogens is 264 g/mol. The average Bonchev–Trinajstić information content (AvgIpc) is 2.43. The first-order chi connectivity index (χ1) is 9.56. The molecule has 0 amide bonds. The van der Waals surface area contributed by atoms with E-state index in [0.29, 0.717) is 12.1 Å². The number of benzene rings is 1. The lowest BCUT2D eigenvalue weighted by atomic mass is 10.1. The topological polar surface area (TPSA) is 15.3 Å². The van der Waals surface area contributed by atoms with Crippen LogP contribution in [0.15, 0.2) is 24.3 Å². The Morgan fingerprint density at radius 2 is 1.75 bits per heavy atom. The fraction of sp³-hybridized carbons (Fsp3) is 0.647. The van der Waals surface area contributed by atoms with Crippen molar-refractivity contribution in [1.82, 2.24) is 10.2 Å². The molecule has 0 heterocycles. The van der Waals surface area contributed by atoms with Gasteiger partial charge in [-0.25, -0.2) is 0 Å². The van der Waals surface area contributed by atoms with Gasteiger partial charge in [0.1, 0.15) is 0 Å². The molecule has 0 aliphatic heterocycles. The standard InChI is InChI=1S/C17H30N2S/c1-6-17(13-20-5)19(4)12-16-9-7-15(8-10-16)11-18-14(2)3/h7-10,14,17-18H,6,11-13H2,1-5H3. The van der Waals surface area contributed by atoms with E-state index in [1.807, 2.05) is 11.8 Å². The van der Waals surface area contributed by atoms with Gasteiger partial charge in [0.25, 0.3) is 0 Å². The minimum absolute atomic E-state index is 0.540. The van der Waals surface area contributed by atoms with Crippen LogP contribution in [0.2, 0.25) is 0 Å². The zero-order valence-corrected chi connectivity index (χ0v) is 14.5. The van der Waals surface area contributed by atoms with Crippen molar-refractivity contribution >= 4 is 11.8 Å². The molecule has 0 aliphatic rings. The molecule has 1 atom stereocenters. The van der Waals surface area contributed by atoms with Gasteiger partial charge >= 0.3 is 0 Å². The summed E-state index contributed by atoms with van der Waals surface area (Å²) in [6.45, 7) is 8.63. The SMILES string of the molecule is CCC(CSC)N(C)Cc1ccc(CNC(C)C)cc1. The van der Waals surface area contributed by atoms with E-state index in [1.54, 1.807) is 0 Å². The summed E-state index contributed by atoms with van der Waals surface area (Å²) in [7, 11) is 2.23. The minimum atomic E-state index is 0.540. The third kappa shape index (κ3) is 6.29. The Kier molecular flexibility index (Phi) is 8.27. The van der Waals surface area contributed by atoms with Crippen LogP contribution in [0.5, 0.6) is 0 Å². The van der Waals surface area contributed by atoms with E-state index in [9.17, 15) is 0 Å². The Morgan fingerprint density at radius 3 is 2.25 bits per heavy atom. The summed E-state index contributed by atoms with van der Waals surface area (Å²) in [6.07, 6.45) is 3.40. The Morgan fingerprint density at radius 1 is 1.15 bits per heavy atom. The van der Waals surface area contributed by atoms with Crippen molar-refractivity contribution in [3.05, 3.63) is 35.4 Å². The quantitative estimate of drug-likeness (QED) is 0.746. The fourth-order valence-electron chi connectivity index (χ4n) is 2.25. The second kappa shape index (κ2) is 9.43. The minimum Gasteiger partial charge on any atom is -0.310 e. The summed E-state index contributed by atoms with van der Waals surface area (Å²) in [5.41, 5.74) is 2.77. The van der Waals surface area contributed by atoms with Crippen LogP contribution in [0.4, 0.5) is 0 Å². The van der Waals surface area contributed by atoms with E-state index in [4.69, 9.17) is 0 Å². The average molecular weight is 295 g/mol. The van der Waals surface area contributed by atoms with E-state index >= 15 is 0 Å². The van der Waals surface area contributed by atoms with Gasteiger partial charge in [-0.2, -0.15) is 11.8 Å². The van der Waals surface area contributed by atoms with Gasteiger partial charge in [0.2, 0.25) is 0 Å². The fourth-order valence-corrected chi connectivity index (χ4v) is 3.13. The van der Waals surface area contributed by atoms with Gasteiger partial charge in [-0.3, -0.25) is 4.90 Å². The van der Waals surface area contributed by atoms with Crippen molar-refractivity contribution in [3.8, 4) is 0 Å². The first kappa shape index (κ1) is 17.5. The van der Waals surface area contributed by atoms with E-state index in [1.165, 1.54) is 23.3 Å². The van der Waals surface area contributed by atoms with Crippen LogP contribution in [-0.2, 0) is 13.1 Å². The second-order valence-electron chi connectivity index (χ2n) is 5.78. The first-order valence-corrected chi connectivity index (χ1v) is 8.96. The van der Waals surface area contributed by atoms with Gasteiger partial charge in [-0.15, -0.1) is 0 Å². The lowest BCUT2D eigenvalue weighted by Crippen LogP contribution is -2.32. The van der Waals surface area contributed by atoms with Crippen molar-refractivity contribution in [1.29, 1.82) is 0 Å². The molecule has 0 saturated carbocycles. The molecule has 0 aromatic heterocycles. The normalized spacial score (nSPS) is 13.2. The molecule has 0 spiro atoms. The van der Waals surface area contributed by atoms with Crippen LogP contribution < -0.4 is 5.32 Å². The molecule has 0 aliphatic carbocycles. The smallest absolute Gasteiger partial charge is 0.0233 e. The Bertz CT molecular complexity index is 362. The summed E-state index contributed by atoms with van der Waals surface area (Å²) in [6, 6.07) is 10.2. The Labute approximate surface area is 129 Å². The van der Waals surface area contributed by atoms with Crippen LogP contribution in [0, 0.1) is 0 Å². The molecule has 0 saturated heterocycles. The number of hydrogen-bond donors (Lipinski definition) is 1. The molecule has 3 heteroatoms. The maximum absolute atomic E-state index is 3.45. The molecule has 0 bridgehead atoms. The molecule has 1 N–H and O–H groups in total. The van der Waals surface area contributed by atoms with Gasteiger partial charge in [0, 0.05) is 30.9 Å². The van der Waals surface area contributed by atoms with Crippen molar-refractivity contribution in [3.63, 3.8) is 0 Å². The largest absolute Gasteiger partial charge is 0.310 e. The Hall–Kier alpha value is -0.510. The van der Waals surface area contributed by atoms with Crippen LogP contribution in [0.25, 0.3) is 0 Å². The Balaban J connectivity index is 2.51. The van der Waals surface area contributed by atoms with E-state index in [-0.39, 0.29) is 0 Å². The third-order valence-corrected chi connectivity index (χ3v) is 4.34. The van der Waals surface area contributed by atoms with Crippen LogP contribution in [-0.4, -0.2) is 36.0 Å². The second-order valence-corrected chi connectivity index (χ2v) is 6.70. The lowest BCUT2D eigenvalue weighted by Gasteiger charge is -2.26. The molecule has 1 aromatic rings. The summed E-state index contributed by atoms with van der Waals surface area (Å²) < 4.78 is 0. The molecule has 20 heavy (non-hydrogen) atoms. The highest BCUT2D eigenvalue weighted by atomic mass is 32.2. The van der Waals surface area contributed by atoms with Gasteiger partial charge in [-0.05, 0) is 30.9 Å². The maximum atomic E-state index is 3.45. The number of hydrogen-bond acceptors (Lipinski definition) is 3. The van der Waals surface area contributed by atoms with Crippen molar-refractivity contribution in [2.45, 2.75) is 52.4 Å². The van der Waals surface area contributed by atoms with E-state index in [2.05, 4.69) is 68.6 Å². The number of nitrogens with zero attached hydrogens (tertiary/aromatic N) is 1. The zero-order chi connectivity index (χ0) is 15.0. The molecule has 2 nitrogen and oxygen atoms in total.